The molecule has 298 valence electrons. The third kappa shape index (κ3) is 10.9. The monoisotopic (exact) mass is 759 g/mol. The Kier molecular flexibility index (Phi) is 14.8. The highest BCUT2D eigenvalue weighted by Gasteiger charge is 2.50. The van der Waals surface area contributed by atoms with Crippen molar-refractivity contribution in [1.82, 2.24) is 0 Å². The van der Waals surface area contributed by atoms with E-state index in [0.29, 0.717) is 18.4 Å². The first-order chi connectivity index (χ1) is 23.8. The Labute approximate surface area is 321 Å². The summed E-state index contributed by atoms with van der Waals surface area (Å²) in [5.41, 5.74) is 3.11. The second-order valence-electron chi connectivity index (χ2n) is 20.2. The zero-order valence-electron chi connectivity index (χ0n) is 36.0. The smallest absolute Gasteiger partial charge is 0.434 e. The highest BCUT2D eigenvalue weighted by atomic mass is 28.4. The van der Waals surface area contributed by atoms with E-state index in [-0.39, 0.29) is 33.6 Å². The minimum atomic E-state index is -2.02. The number of carbonyl (C=O) groups is 1. The van der Waals surface area contributed by atoms with Gasteiger partial charge in [-0.15, -0.1) is 0 Å². The van der Waals surface area contributed by atoms with E-state index < -0.39 is 34.5 Å². The summed E-state index contributed by atoms with van der Waals surface area (Å²) in [5, 5.41) is 11.3. The Hall–Kier alpha value is -1.46. The molecule has 3 saturated carbocycles. The summed E-state index contributed by atoms with van der Waals surface area (Å²) in [5.74, 6) is 1.33. The van der Waals surface area contributed by atoms with Crippen LogP contribution < -0.4 is 0 Å². The Bertz CT molecular complexity index is 1330. The molecule has 0 aromatic rings. The zero-order valence-corrected chi connectivity index (χ0v) is 38.0. The van der Waals surface area contributed by atoms with Crippen molar-refractivity contribution in [3.8, 4) is 0 Å². The third-order valence-corrected chi connectivity index (χ3v) is 22.8. The fraction of sp³-hybridized carbons (Fsp3) is 0.795. The summed E-state index contributed by atoms with van der Waals surface area (Å²) in [7, 11) is -4.00. The normalized spacial score (nSPS) is 29.4. The molecule has 0 aromatic heterocycles. The molecule has 3 rings (SSSR count). The molecule has 8 heteroatoms. The molecule has 1 unspecified atom stereocenters. The number of carbonyl (C=O) groups excluding carboxylic acids is 1. The van der Waals surface area contributed by atoms with Crippen molar-refractivity contribution >= 4 is 22.8 Å². The van der Waals surface area contributed by atoms with E-state index >= 15 is 0 Å². The summed E-state index contributed by atoms with van der Waals surface area (Å²) < 4.78 is 24.9. The van der Waals surface area contributed by atoms with Crippen molar-refractivity contribution in [3.63, 3.8) is 0 Å². The van der Waals surface area contributed by atoms with E-state index in [1.54, 1.807) is 19.4 Å². The first kappa shape index (κ1) is 44.9. The Balaban J connectivity index is 1.82. The molecule has 7 atom stereocenters. The maximum absolute atomic E-state index is 12.2. The van der Waals surface area contributed by atoms with Crippen molar-refractivity contribution in [1.29, 1.82) is 0 Å². The van der Waals surface area contributed by atoms with Gasteiger partial charge in [-0.05, 0) is 129 Å². The van der Waals surface area contributed by atoms with E-state index in [1.807, 2.05) is 13.0 Å². The number of aliphatic hydroxyl groups is 1. The number of allylic oxidation sites excluding steroid dienone is 4. The van der Waals surface area contributed by atoms with Crippen LogP contribution in [0.15, 0.2) is 47.6 Å². The van der Waals surface area contributed by atoms with Crippen LogP contribution in [0.3, 0.4) is 0 Å². The Morgan fingerprint density at radius 3 is 2.19 bits per heavy atom. The Morgan fingerprint density at radius 2 is 1.60 bits per heavy atom. The molecule has 0 aliphatic heterocycles. The number of aliphatic hydroxyl groups excluding tert-OH is 1. The van der Waals surface area contributed by atoms with Crippen LogP contribution in [0.1, 0.15) is 134 Å². The second kappa shape index (κ2) is 17.1. The van der Waals surface area contributed by atoms with E-state index in [0.717, 1.165) is 44.1 Å². The van der Waals surface area contributed by atoms with Gasteiger partial charge in [0.25, 0.3) is 0 Å². The van der Waals surface area contributed by atoms with Crippen LogP contribution in [0.2, 0.25) is 36.3 Å². The number of fused-ring (bicyclic) bond motifs is 1. The first-order valence-corrected chi connectivity index (χ1v) is 26.2. The summed E-state index contributed by atoms with van der Waals surface area (Å²) in [4.78, 5) is 12.2. The highest BCUT2D eigenvalue weighted by Crippen LogP contribution is 2.59. The second-order valence-corrected chi connectivity index (χ2v) is 29.7. The maximum atomic E-state index is 12.2. The molecule has 3 fully saturated rings. The molecule has 1 N–H and O–H groups in total. The highest BCUT2D eigenvalue weighted by molar-refractivity contribution is 6.74. The fourth-order valence-electron chi connectivity index (χ4n) is 8.16. The van der Waals surface area contributed by atoms with Gasteiger partial charge in [0.2, 0.25) is 0 Å². The summed E-state index contributed by atoms with van der Waals surface area (Å²) in [6.07, 6.45) is 16.6. The molecule has 0 saturated heterocycles. The summed E-state index contributed by atoms with van der Waals surface area (Å²) >= 11 is 0. The quantitative estimate of drug-likeness (QED) is 0.0872. The van der Waals surface area contributed by atoms with Crippen molar-refractivity contribution < 1.29 is 28.2 Å². The third-order valence-electron chi connectivity index (χ3n) is 13.8. The van der Waals surface area contributed by atoms with Gasteiger partial charge in [-0.2, -0.15) is 0 Å². The van der Waals surface area contributed by atoms with Gasteiger partial charge in [-0.25, -0.2) is 4.79 Å². The first-order valence-electron chi connectivity index (χ1n) is 20.4. The molecule has 0 heterocycles. The number of hydrogen-bond donors (Lipinski definition) is 1. The molecule has 3 aliphatic rings. The average molecular weight is 759 g/mol. The van der Waals surface area contributed by atoms with Crippen LogP contribution in [-0.2, 0) is 18.3 Å². The van der Waals surface area contributed by atoms with Gasteiger partial charge in [0.15, 0.2) is 16.6 Å². The molecule has 6 nitrogen and oxygen atoms in total. The largest absolute Gasteiger partial charge is 0.508 e. The molecule has 0 amide bonds. The minimum absolute atomic E-state index is 0.0217. The minimum Gasteiger partial charge on any atom is -0.434 e. The van der Waals surface area contributed by atoms with Crippen molar-refractivity contribution in [2.24, 2.45) is 23.2 Å². The number of hydrogen-bond acceptors (Lipinski definition) is 6. The molecule has 0 radical (unpaired) electrons. The van der Waals surface area contributed by atoms with Gasteiger partial charge in [0.1, 0.15) is 11.7 Å². The predicted octanol–water partition coefficient (Wildman–Crippen LogP) is 12.5. The van der Waals surface area contributed by atoms with Gasteiger partial charge in [0.05, 0.1) is 18.8 Å². The van der Waals surface area contributed by atoms with Crippen LogP contribution in [0.25, 0.3) is 0 Å². The van der Waals surface area contributed by atoms with Crippen molar-refractivity contribution in [2.45, 2.75) is 194 Å². The van der Waals surface area contributed by atoms with Gasteiger partial charge < -0.3 is 23.4 Å². The van der Waals surface area contributed by atoms with Crippen LogP contribution >= 0.6 is 0 Å². The van der Waals surface area contributed by atoms with E-state index in [9.17, 15) is 9.90 Å². The van der Waals surface area contributed by atoms with Crippen molar-refractivity contribution in [2.75, 3.05) is 6.61 Å². The maximum Gasteiger partial charge on any atom is 0.508 e. The predicted molar refractivity (Wildman–Crippen MR) is 223 cm³/mol. The van der Waals surface area contributed by atoms with Crippen LogP contribution in [0, 0.1) is 23.2 Å². The van der Waals surface area contributed by atoms with E-state index in [1.165, 1.54) is 24.8 Å². The van der Waals surface area contributed by atoms with E-state index in [4.69, 9.17) is 18.3 Å². The van der Waals surface area contributed by atoms with Gasteiger partial charge >= 0.3 is 6.16 Å². The standard InChI is InChI=1S/C44H78O6Si2/c1-17-18-28-47-40(46)48-43(10,11)39(45)26-21-31(2)36-24-25-37-33(20-19-27-44(36,37)12)22-23-34-29-35(49-51(13,14)41(4,5)6)30-38(32(34)3)50-52(15,16)42(7,8)9/h21-23,26,31,35-39,45H,3,17-20,24-25,27-30H2,1-2,4-16H3/b26-21+,33-22+,34-23+/t31-,35-,36-,37+,38+,39?,44-/m1/s1. The van der Waals surface area contributed by atoms with Gasteiger partial charge in [0, 0.05) is 6.42 Å². The SMILES string of the molecule is C=C1/C(=C/C=C2\CCC[C@]3(C)[C@@H]([C@H](C)/C=C/C(O)C(C)(C)OC(=O)OCCCC)CC[C@@H]23)C[C@@H](O[Si](C)(C)C(C)(C)C)C[C@@H]1O[Si](C)(C)C(C)(C)C. The number of rotatable bonds is 13. The molecule has 52 heavy (non-hydrogen) atoms. The van der Waals surface area contributed by atoms with Crippen LogP contribution in [0.4, 0.5) is 4.79 Å². The topological polar surface area (TPSA) is 74.2 Å². The van der Waals surface area contributed by atoms with Crippen LogP contribution in [-0.4, -0.2) is 58.4 Å². The summed E-state index contributed by atoms with van der Waals surface area (Å²) in [6.45, 7) is 38.6. The van der Waals surface area contributed by atoms with Crippen LogP contribution in [0.5, 0.6) is 0 Å². The molecule has 0 bridgehead atoms. The van der Waals surface area contributed by atoms with Gasteiger partial charge in [-0.1, -0.05) is 105 Å². The number of ether oxygens (including phenoxy) is 2. The molecule has 0 aromatic carbocycles. The lowest BCUT2D eigenvalue weighted by molar-refractivity contribution is -0.0670. The molecular weight excluding hydrogens is 681 g/mol. The zero-order chi connectivity index (χ0) is 39.5. The molecule has 3 aliphatic carbocycles. The average Bonchev–Trinajstić information content (AvgIpc) is 3.36. The lowest BCUT2D eigenvalue weighted by atomic mass is 9.61. The summed E-state index contributed by atoms with van der Waals surface area (Å²) in [6, 6.07) is 0. The number of unbranched alkanes of at least 4 members (excludes halogenated alkanes) is 1. The Morgan fingerprint density at radius 1 is 0.981 bits per heavy atom. The fourth-order valence-corrected chi connectivity index (χ4v) is 10.8. The van der Waals surface area contributed by atoms with E-state index in [2.05, 4.69) is 106 Å². The molecular formula is C44H78O6Si2. The molecule has 0 spiro atoms. The lowest BCUT2D eigenvalue weighted by Crippen LogP contribution is -2.49. The van der Waals surface area contributed by atoms with Gasteiger partial charge in [-0.3, -0.25) is 0 Å². The lowest BCUT2D eigenvalue weighted by Gasteiger charge is -2.45. The van der Waals surface area contributed by atoms with Crippen molar-refractivity contribution in [3.05, 3.63) is 47.6 Å².